The molecule has 0 saturated carbocycles. The number of nitrogens with one attached hydrogen (secondary N) is 1. The largest absolute Gasteiger partial charge is 0.489 e. The number of halogens is 1. The topological polar surface area (TPSA) is 120 Å². The van der Waals surface area contributed by atoms with E-state index in [1.807, 2.05) is 37.3 Å². The van der Waals surface area contributed by atoms with Crippen LogP contribution >= 0.6 is 0 Å². The Balaban J connectivity index is 1.24. The highest BCUT2D eigenvalue weighted by Gasteiger charge is 2.36. The molecule has 0 unspecified atom stereocenters. The Hall–Kier alpha value is -4.60. The number of methoxy groups -OCH3 is 1. The molecule has 1 aromatic heterocycles. The number of rotatable bonds is 8. The summed E-state index contributed by atoms with van der Waals surface area (Å²) in [5.41, 5.74) is 10.5. The molecule has 2 atom stereocenters. The number of oxazole rings is 1. The number of carbonyl (C=O) groups is 2. The quantitative estimate of drug-likeness (QED) is 0.245. The van der Waals surface area contributed by atoms with Crippen LogP contribution in [0.2, 0.25) is 0 Å². The van der Waals surface area contributed by atoms with Gasteiger partial charge in [-0.2, -0.15) is 4.98 Å². The summed E-state index contributed by atoms with van der Waals surface area (Å²) in [6, 6.07) is 17.7. The highest BCUT2D eigenvalue weighted by atomic mass is 19.1. The fraction of sp³-hybridized carbons (Fsp3) is 0.276. The van der Waals surface area contributed by atoms with E-state index >= 15 is 0 Å². The lowest BCUT2D eigenvalue weighted by molar-refractivity contribution is -0.132. The molecule has 3 N–H and O–H groups in total. The van der Waals surface area contributed by atoms with Crippen molar-refractivity contribution in [2.75, 3.05) is 31.3 Å². The van der Waals surface area contributed by atoms with Gasteiger partial charge in [0.1, 0.15) is 24.0 Å². The predicted octanol–water partition coefficient (Wildman–Crippen LogP) is 4.81. The molecule has 9 nitrogen and oxygen atoms in total. The van der Waals surface area contributed by atoms with E-state index in [1.165, 1.54) is 24.1 Å². The van der Waals surface area contributed by atoms with Crippen LogP contribution in [0, 0.1) is 6.92 Å². The first-order valence-corrected chi connectivity index (χ1v) is 12.6. The van der Waals surface area contributed by atoms with E-state index in [1.54, 1.807) is 18.2 Å². The van der Waals surface area contributed by atoms with Gasteiger partial charge in [0, 0.05) is 12.1 Å². The zero-order valence-corrected chi connectivity index (χ0v) is 21.6. The van der Waals surface area contributed by atoms with E-state index in [0.29, 0.717) is 28.4 Å². The smallest absolute Gasteiger partial charge is 0.337 e. The van der Waals surface area contributed by atoms with Crippen molar-refractivity contribution >= 4 is 40.4 Å². The van der Waals surface area contributed by atoms with Crippen LogP contribution < -0.4 is 15.8 Å². The fourth-order valence-electron chi connectivity index (χ4n) is 4.67. The molecular weight excluding hydrogens is 503 g/mol. The first-order valence-electron chi connectivity index (χ1n) is 12.6. The summed E-state index contributed by atoms with van der Waals surface area (Å²) in [6.07, 6.45) is -0.898. The number of amides is 1. The SMILES string of the molecule is COC(=O)c1ccc(OC[C@@H]2C[C@H](F)CN2C(=O)Cc2ccc3nc(Nc4ccccc4C)oc3c2)c(N)c1. The number of nitrogen functional groups attached to an aromatic ring is 1. The lowest BCUT2D eigenvalue weighted by Crippen LogP contribution is -2.40. The molecule has 4 aromatic rings. The van der Waals surface area contributed by atoms with Crippen molar-refractivity contribution in [2.24, 2.45) is 0 Å². The second-order valence-corrected chi connectivity index (χ2v) is 9.53. The maximum atomic E-state index is 14.4. The van der Waals surface area contributed by atoms with Crippen molar-refractivity contribution < 1.29 is 27.9 Å². The predicted molar refractivity (Wildman–Crippen MR) is 145 cm³/mol. The summed E-state index contributed by atoms with van der Waals surface area (Å²) < 4.78 is 30.8. The molecule has 1 saturated heterocycles. The summed E-state index contributed by atoms with van der Waals surface area (Å²) in [7, 11) is 1.28. The van der Waals surface area contributed by atoms with Gasteiger partial charge in [0.15, 0.2) is 5.58 Å². The Morgan fingerprint density at radius 1 is 1.18 bits per heavy atom. The summed E-state index contributed by atoms with van der Waals surface area (Å²) in [5.74, 6) is -0.374. The Morgan fingerprint density at radius 2 is 2.00 bits per heavy atom. The van der Waals surface area contributed by atoms with Crippen molar-refractivity contribution in [1.82, 2.24) is 9.88 Å². The molecule has 5 rings (SSSR count). The molecule has 1 fully saturated rings. The third-order valence-electron chi connectivity index (χ3n) is 6.74. The second kappa shape index (κ2) is 11.0. The van der Waals surface area contributed by atoms with Crippen LogP contribution in [0.3, 0.4) is 0 Å². The van der Waals surface area contributed by atoms with Gasteiger partial charge in [-0.25, -0.2) is 9.18 Å². The number of ether oxygens (including phenoxy) is 2. The fourth-order valence-corrected chi connectivity index (χ4v) is 4.67. The van der Waals surface area contributed by atoms with Gasteiger partial charge in [0.2, 0.25) is 5.91 Å². The molecular formula is C29H29FN4O5. The molecule has 0 spiro atoms. The second-order valence-electron chi connectivity index (χ2n) is 9.53. The Bertz CT molecular complexity index is 1520. The van der Waals surface area contributed by atoms with Gasteiger partial charge < -0.3 is 29.8 Å². The molecule has 39 heavy (non-hydrogen) atoms. The molecule has 10 heteroatoms. The number of para-hydroxylation sites is 1. The van der Waals surface area contributed by atoms with Crippen LogP contribution in [-0.4, -0.2) is 54.2 Å². The maximum Gasteiger partial charge on any atom is 0.337 e. The molecule has 2 heterocycles. The average Bonchev–Trinajstić information content (AvgIpc) is 3.50. The van der Waals surface area contributed by atoms with Gasteiger partial charge in [0.25, 0.3) is 6.01 Å². The Kier molecular flexibility index (Phi) is 7.36. The lowest BCUT2D eigenvalue weighted by Gasteiger charge is -2.25. The number of alkyl halides is 1. The first kappa shape index (κ1) is 26.0. The van der Waals surface area contributed by atoms with E-state index < -0.39 is 18.2 Å². The molecule has 0 bridgehead atoms. The van der Waals surface area contributed by atoms with Crippen molar-refractivity contribution in [2.45, 2.75) is 32.0 Å². The molecule has 1 amide bonds. The number of nitrogens with zero attached hydrogens (tertiary/aromatic N) is 2. The summed E-state index contributed by atoms with van der Waals surface area (Å²) in [4.78, 5) is 30.9. The van der Waals surface area contributed by atoms with Crippen LogP contribution in [0.4, 0.5) is 21.8 Å². The van der Waals surface area contributed by atoms with E-state index in [-0.39, 0.29) is 37.6 Å². The number of hydrogen-bond donors (Lipinski definition) is 2. The van der Waals surface area contributed by atoms with E-state index in [0.717, 1.165) is 16.8 Å². The molecule has 1 aliphatic rings. The Labute approximate surface area is 224 Å². The third-order valence-corrected chi connectivity index (χ3v) is 6.74. The molecule has 202 valence electrons. The molecule has 3 aromatic carbocycles. The molecule has 0 aliphatic carbocycles. The monoisotopic (exact) mass is 532 g/mol. The number of fused-ring (bicyclic) bond motifs is 1. The number of aromatic nitrogens is 1. The van der Waals surface area contributed by atoms with Crippen molar-refractivity contribution in [3.63, 3.8) is 0 Å². The molecule has 0 radical (unpaired) electrons. The number of esters is 1. The zero-order chi connectivity index (χ0) is 27.5. The van der Waals surface area contributed by atoms with Crippen LogP contribution in [0.15, 0.2) is 65.1 Å². The van der Waals surface area contributed by atoms with Crippen LogP contribution in [-0.2, 0) is 16.0 Å². The van der Waals surface area contributed by atoms with Gasteiger partial charge in [-0.3, -0.25) is 4.79 Å². The third kappa shape index (κ3) is 5.79. The molecule has 1 aliphatic heterocycles. The van der Waals surface area contributed by atoms with Gasteiger partial charge in [-0.05, 0) is 54.4 Å². The Morgan fingerprint density at radius 3 is 2.77 bits per heavy atom. The highest BCUT2D eigenvalue weighted by Crippen LogP contribution is 2.28. The average molecular weight is 533 g/mol. The number of benzene rings is 3. The van der Waals surface area contributed by atoms with Gasteiger partial charge in [-0.1, -0.05) is 24.3 Å². The summed E-state index contributed by atoms with van der Waals surface area (Å²) in [5, 5.41) is 3.18. The van der Waals surface area contributed by atoms with Gasteiger partial charge in [0.05, 0.1) is 37.4 Å². The number of anilines is 3. The van der Waals surface area contributed by atoms with Crippen LogP contribution in [0.25, 0.3) is 11.1 Å². The summed E-state index contributed by atoms with van der Waals surface area (Å²) >= 11 is 0. The normalized spacial score (nSPS) is 16.8. The van der Waals surface area contributed by atoms with E-state index in [2.05, 4.69) is 10.3 Å². The number of hydrogen-bond acceptors (Lipinski definition) is 8. The van der Waals surface area contributed by atoms with E-state index in [9.17, 15) is 14.0 Å². The van der Waals surface area contributed by atoms with Crippen LogP contribution in [0.5, 0.6) is 5.75 Å². The van der Waals surface area contributed by atoms with E-state index in [4.69, 9.17) is 19.6 Å². The number of aryl methyl sites for hydroxylation is 1. The minimum absolute atomic E-state index is 0.00132. The number of carbonyl (C=O) groups excluding carboxylic acids is 2. The van der Waals surface area contributed by atoms with Gasteiger partial charge >= 0.3 is 5.97 Å². The van der Waals surface area contributed by atoms with Crippen molar-refractivity contribution in [1.29, 1.82) is 0 Å². The highest BCUT2D eigenvalue weighted by molar-refractivity contribution is 5.91. The van der Waals surface area contributed by atoms with Gasteiger partial charge in [-0.15, -0.1) is 0 Å². The zero-order valence-electron chi connectivity index (χ0n) is 21.6. The number of nitrogens with two attached hydrogens (primary N) is 1. The maximum absolute atomic E-state index is 14.4. The standard InChI is InChI=1S/C29H29FN4O5/c1-17-5-3-4-6-23(17)32-29-33-24-9-7-18(11-26(24)39-29)12-27(35)34-15-20(30)14-21(34)16-38-25-10-8-19(13-22(25)31)28(36)37-2/h3-11,13,20-21H,12,14-16,31H2,1-2H3,(H,32,33)/t20-,21-/m0/s1. The first-order chi connectivity index (χ1) is 18.8. The lowest BCUT2D eigenvalue weighted by atomic mass is 10.1. The summed E-state index contributed by atoms with van der Waals surface area (Å²) in [6.45, 7) is 2.06. The van der Waals surface area contributed by atoms with Crippen molar-refractivity contribution in [3.05, 3.63) is 77.4 Å². The number of likely N-dealkylation sites (tertiary alicyclic amines) is 1. The minimum atomic E-state index is -1.14. The van der Waals surface area contributed by atoms with Crippen molar-refractivity contribution in [3.8, 4) is 5.75 Å². The van der Waals surface area contributed by atoms with Crippen LogP contribution in [0.1, 0.15) is 27.9 Å². The minimum Gasteiger partial charge on any atom is -0.489 e.